The zero-order chi connectivity index (χ0) is 17.7. The lowest BCUT2D eigenvalue weighted by atomic mass is 9.79. The number of anilines is 1. The zero-order valence-electron chi connectivity index (χ0n) is 14.5. The molecule has 0 bridgehead atoms. The van der Waals surface area contributed by atoms with Crippen LogP contribution in [0.15, 0.2) is 48.5 Å². The molecular weight excluding hydrogens is 316 g/mol. The maximum absolute atomic E-state index is 12.7. The van der Waals surface area contributed by atoms with Crippen LogP contribution in [0.3, 0.4) is 0 Å². The highest BCUT2D eigenvalue weighted by molar-refractivity contribution is 5.95. The number of nitrogens with one attached hydrogen (secondary N) is 1. The summed E-state index contributed by atoms with van der Waals surface area (Å²) < 4.78 is 11.2. The molecule has 5 heteroatoms. The smallest absolute Gasteiger partial charge is 0.232 e. The zero-order valence-corrected chi connectivity index (χ0v) is 14.5. The monoisotopic (exact) mass is 340 g/mol. The Balaban J connectivity index is 1.63. The second kappa shape index (κ2) is 7.68. The van der Waals surface area contributed by atoms with Gasteiger partial charge in [-0.15, -0.1) is 0 Å². The topological polar surface area (TPSA) is 73.6 Å². The van der Waals surface area contributed by atoms with E-state index in [-0.39, 0.29) is 5.91 Å². The third kappa shape index (κ3) is 4.18. The normalized spacial score (nSPS) is 16.2. The van der Waals surface area contributed by atoms with Gasteiger partial charge in [-0.2, -0.15) is 0 Å². The number of hydrogen-bond acceptors (Lipinski definition) is 4. The summed E-state index contributed by atoms with van der Waals surface area (Å²) in [4.78, 5) is 12.7. The summed E-state index contributed by atoms with van der Waals surface area (Å²) in [5.74, 6) is 1.47. The van der Waals surface area contributed by atoms with Crippen LogP contribution >= 0.6 is 0 Å². The van der Waals surface area contributed by atoms with E-state index >= 15 is 0 Å². The van der Waals surface area contributed by atoms with E-state index in [4.69, 9.17) is 15.2 Å². The fourth-order valence-corrected chi connectivity index (χ4v) is 2.90. The number of nitrogens with two attached hydrogens (primary N) is 1. The average Bonchev–Trinajstić information content (AvgIpc) is 2.65. The lowest BCUT2D eigenvalue weighted by molar-refractivity contribution is -0.130. The molecule has 2 aromatic rings. The van der Waals surface area contributed by atoms with Crippen molar-refractivity contribution >= 4 is 11.6 Å². The first-order chi connectivity index (χ1) is 12.1. The first kappa shape index (κ1) is 17.5. The molecule has 25 heavy (non-hydrogen) atoms. The molecule has 3 N–H and O–H groups in total. The van der Waals surface area contributed by atoms with Crippen molar-refractivity contribution in [3.63, 3.8) is 0 Å². The molecular formula is C20H24N2O3. The molecule has 1 amide bonds. The van der Waals surface area contributed by atoms with E-state index in [9.17, 15) is 4.79 Å². The maximum atomic E-state index is 12.7. The third-order valence-electron chi connectivity index (χ3n) is 4.69. The highest BCUT2D eigenvalue weighted by atomic mass is 16.5. The predicted octanol–water partition coefficient (Wildman–Crippen LogP) is 3.48. The van der Waals surface area contributed by atoms with Gasteiger partial charge in [-0.3, -0.25) is 4.79 Å². The van der Waals surface area contributed by atoms with Gasteiger partial charge in [0.2, 0.25) is 5.91 Å². The van der Waals surface area contributed by atoms with Gasteiger partial charge in [-0.05, 0) is 56.2 Å². The molecule has 0 aliphatic carbocycles. The van der Waals surface area contributed by atoms with Crippen LogP contribution in [-0.2, 0) is 9.53 Å². The SMILES string of the molecule is Cc1ccc(Oc2ccc(NC(=O)C3(CN)CCOCC3)cc2)cc1. The Morgan fingerprint density at radius 2 is 1.64 bits per heavy atom. The van der Waals surface area contributed by atoms with E-state index in [0.717, 1.165) is 17.2 Å². The molecule has 2 aromatic carbocycles. The maximum Gasteiger partial charge on any atom is 0.232 e. The summed E-state index contributed by atoms with van der Waals surface area (Å²) >= 11 is 0. The van der Waals surface area contributed by atoms with E-state index in [1.807, 2.05) is 55.5 Å². The summed E-state index contributed by atoms with van der Waals surface area (Å²) in [6, 6.07) is 15.2. The fourth-order valence-electron chi connectivity index (χ4n) is 2.90. The molecule has 3 rings (SSSR count). The molecule has 1 aliphatic rings. The number of rotatable bonds is 5. The molecule has 0 spiro atoms. The van der Waals surface area contributed by atoms with Crippen LogP contribution in [0.4, 0.5) is 5.69 Å². The Morgan fingerprint density at radius 1 is 1.08 bits per heavy atom. The van der Waals surface area contributed by atoms with Gasteiger partial charge in [0.25, 0.3) is 0 Å². The molecule has 1 saturated heterocycles. The van der Waals surface area contributed by atoms with Crippen LogP contribution in [0.1, 0.15) is 18.4 Å². The van der Waals surface area contributed by atoms with Gasteiger partial charge >= 0.3 is 0 Å². The molecule has 0 radical (unpaired) electrons. The van der Waals surface area contributed by atoms with E-state index < -0.39 is 5.41 Å². The minimum absolute atomic E-state index is 0.0366. The van der Waals surface area contributed by atoms with E-state index in [0.29, 0.717) is 32.6 Å². The fraction of sp³-hybridized carbons (Fsp3) is 0.350. The number of ether oxygens (including phenoxy) is 2. The lowest BCUT2D eigenvalue weighted by Gasteiger charge is -2.34. The van der Waals surface area contributed by atoms with Gasteiger partial charge < -0.3 is 20.5 Å². The first-order valence-corrected chi connectivity index (χ1v) is 8.55. The molecule has 0 unspecified atom stereocenters. The van der Waals surface area contributed by atoms with Gasteiger partial charge in [0.1, 0.15) is 11.5 Å². The van der Waals surface area contributed by atoms with Crippen LogP contribution in [0.2, 0.25) is 0 Å². The van der Waals surface area contributed by atoms with Gasteiger partial charge in [0.05, 0.1) is 5.41 Å². The number of carbonyl (C=O) groups is 1. The Labute approximate surface area is 148 Å². The summed E-state index contributed by atoms with van der Waals surface area (Å²) in [5, 5.41) is 2.97. The number of hydrogen-bond donors (Lipinski definition) is 2. The third-order valence-corrected chi connectivity index (χ3v) is 4.69. The Morgan fingerprint density at radius 3 is 2.20 bits per heavy atom. The second-order valence-corrected chi connectivity index (χ2v) is 6.49. The van der Waals surface area contributed by atoms with E-state index in [1.54, 1.807) is 0 Å². The van der Waals surface area contributed by atoms with Crippen molar-refractivity contribution in [3.05, 3.63) is 54.1 Å². The summed E-state index contributed by atoms with van der Waals surface area (Å²) in [6.45, 7) is 3.52. The Hall–Kier alpha value is -2.37. The number of carbonyl (C=O) groups excluding carboxylic acids is 1. The molecule has 0 aromatic heterocycles. The minimum atomic E-state index is -0.532. The molecule has 0 saturated carbocycles. The van der Waals surface area contributed by atoms with Crippen molar-refractivity contribution in [1.29, 1.82) is 0 Å². The number of aryl methyl sites for hydroxylation is 1. The standard InChI is InChI=1S/C20H24N2O3/c1-15-2-6-17(7-3-15)25-18-8-4-16(5-9-18)22-19(23)20(14-21)10-12-24-13-11-20/h2-9H,10-14,21H2,1H3,(H,22,23). The van der Waals surface area contributed by atoms with Crippen molar-refractivity contribution in [3.8, 4) is 11.5 Å². The van der Waals surface area contributed by atoms with Crippen molar-refractivity contribution in [2.45, 2.75) is 19.8 Å². The highest BCUT2D eigenvalue weighted by Gasteiger charge is 2.38. The van der Waals surface area contributed by atoms with Crippen LogP contribution < -0.4 is 15.8 Å². The van der Waals surface area contributed by atoms with Gasteiger partial charge in [-0.1, -0.05) is 17.7 Å². The summed E-state index contributed by atoms with van der Waals surface area (Å²) in [5.41, 5.74) is 7.27. The summed E-state index contributed by atoms with van der Waals surface area (Å²) in [7, 11) is 0. The molecule has 5 nitrogen and oxygen atoms in total. The second-order valence-electron chi connectivity index (χ2n) is 6.49. The molecule has 0 atom stereocenters. The van der Waals surface area contributed by atoms with Crippen LogP contribution in [0.5, 0.6) is 11.5 Å². The number of benzene rings is 2. The van der Waals surface area contributed by atoms with E-state index in [1.165, 1.54) is 5.56 Å². The Kier molecular flexibility index (Phi) is 5.36. The lowest BCUT2D eigenvalue weighted by Crippen LogP contribution is -2.46. The molecule has 1 heterocycles. The average molecular weight is 340 g/mol. The largest absolute Gasteiger partial charge is 0.457 e. The van der Waals surface area contributed by atoms with Gasteiger partial charge in [0.15, 0.2) is 0 Å². The van der Waals surface area contributed by atoms with Crippen molar-refractivity contribution in [2.75, 3.05) is 25.1 Å². The quantitative estimate of drug-likeness (QED) is 0.874. The van der Waals surface area contributed by atoms with E-state index in [2.05, 4.69) is 5.32 Å². The van der Waals surface area contributed by atoms with Crippen LogP contribution in [0.25, 0.3) is 0 Å². The number of amides is 1. The summed E-state index contributed by atoms with van der Waals surface area (Å²) in [6.07, 6.45) is 1.31. The van der Waals surface area contributed by atoms with Crippen LogP contribution in [-0.4, -0.2) is 25.7 Å². The van der Waals surface area contributed by atoms with Crippen molar-refractivity contribution < 1.29 is 14.3 Å². The molecule has 132 valence electrons. The van der Waals surface area contributed by atoms with Crippen molar-refractivity contribution in [2.24, 2.45) is 11.1 Å². The van der Waals surface area contributed by atoms with Gasteiger partial charge in [-0.25, -0.2) is 0 Å². The molecule has 1 aliphatic heterocycles. The van der Waals surface area contributed by atoms with Crippen molar-refractivity contribution in [1.82, 2.24) is 0 Å². The van der Waals surface area contributed by atoms with Gasteiger partial charge in [0, 0.05) is 25.4 Å². The minimum Gasteiger partial charge on any atom is -0.457 e. The first-order valence-electron chi connectivity index (χ1n) is 8.55. The predicted molar refractivity (Wildman–Crippen MR) is 97.9 cm³/mol. The van der Waals surface area contributed by atoms with Crippen LogP contribution in [0, 0.1) is 12.3 Å². The molecule has 1 fully saturated rings. The Bertz CT molecular complexity index is 705. The highest BCUT2D eigenvalue weighted by Crippen LogP contribution is 2.31.